The first-order valence-electron chi connectivity index (χ1n) is 9.97. The van der Waals surface area contributed by atoms with Crippen LogP contribution in [0.5, 0.6) is 23.0 Å². The summed E-state index contributed by atoms with van der Waals surface area (Å²) in [7, 11) is 6.29. The molecule has 0 aliphatic carbocycles. The second-order valence-corrected chi connectivity index (χ2v) is 6.06. The summed E-state index contributed by atoms with van der Waals surface area (Å²) >= 11 is 0. The van der Waals surface area contributed by atoms with Gasteiger partial charge in [0.25, 0.3) is 0 Å². The fraction of sp³-hybridized carbons (Fsp3) is 0.280. The number of allylic oxidation sites excluding steroid dienone is 2. The predicted molar refractivity (Wildman–Crippen MR) is 131 cm³/mol. The van der Waals surface area contributed by atoms with Crippen molar-refractivity contribution in [2.75, 3.05) is 41.5 Å². The number of nitrogens with two attached hydrogens (primary N) is 2. The molecule has 2 rings (SSSR count). The first-order valence-corrected chi connectivity index (χ1v) is 9.97. The maximum absolute atomic E-state index is 9.99. The third-order valence-corrected chi connectivity index (χ3v) is 3.91. The first-order chi connectivity index (χ1) is 16.0. The summed E-state index contributed by atoms with van der Waals surface area (Å²) in [6.45, 7) is 1.44. The van der Waals surface area contributed by atoms with Crippen molar-refractivity contribution in [2.24, 2.45) is 11.5 Å². The van der Waals surface area contributed by atoms with E-state index in [0.29, 0.717) is 23.0 Å². The number of benzene rings is 2. The Hall–Kier alpha value is -3.10. The van der Waals surface area contributed by atoms with Gasteiger partial charge >= 0.3 is 17.1 Å². The summed E-state index contributed by atoms with van der Waals surface area (Å²) in [5.74, 6) is 2.61. The van der Waals surface area contributed by atoms with Crippen LogP contribution >= 0.6 is 0 Å². The van der Waals surface area contributed by atoms with E-state index in [4.69, 9.17) is 30.4 Å². The van der Waals surface area contributed by atoms with Crippen LogP contribution in [0.15, 0.2) is 48.6 Å². The number of rotatable bonds is 10. The smallest absolute Gasteiger partial charge is 0.493 e. The molecule has 8 nitrogen and oxygen atoms in total. The van der Waals surface area contributed by atoms with Crippen molar-refractivity contribution in [1.29, 1.82) is 0 Å². The topological polar surface area (TPSA) is 123 Å². The molecule has 189 valence electrons. The van der Waals surface area contributed by atoms with Crippen molar-refractivity contribution in [1.82, 2.24) is 0 Å². The number of ether oxygens (including phenoxy) is 4. The zero-order valence-electron chi connectivity index (χ0n) is 19.8. The van der Waals surface area contributed by atoms with Crippen LogP contribution in [0.1, 0.15) is 17.5 Å². The number of hydrogen-bond acceptors (Lipinski definition) is 8. The van der Waals surface area contributed by atoms with Crippen molar-refractivity contribution < 1.29 is 45.6 Å². The Morgan fingerprint density at radius 3 is 1.26 bits per heavy atom. The van der Waals surface area contributed by atoms with Crippen molar-refractivity contribution in [3.05, 3.63) is 59.7 Å². The Kier molecular flexibility index (Phi) is 21.1. The van der Waals surface area contributed by atoms with Gasteiger partial charge in [-0.25, -0.2) is 0 Å². The molecule has 0 heterocycles. The van der Waals surface area contributed by atoms with E-state index in [0.717, 1.165) is 30.6 Å². The molecular weight excluding hydrogens is 488 g/mol. The van der Waals surface area contributed by atoms with Gasteiger partial charge < -0.3 is 40.0 Å². The van der Waals surface area contributed by atoms with Crippen LogP contribution in [0.25, 0.3) is 12.2 Å². The van der Waals surface area contributed by atoms with Crippen molar-refractivity contribution >= 4 is 24.7 Å². The summed E-state index contributed by atoms with van der Waals surface area (Å²) in [5.41, 5.74) is 11.9. The standard InChI is InChI=1S/2C11H11O3.C3H10N2.Cu/c2*1-13-10-6-5-9(4-3-7-12)8-11(10)14-2;4-2-1-3-5;/h2*3-6,8H,1-2H3;1-5H2;/q2*-1;;+2/b2*4-3+;;. The molecule has 0 aliphatic rings. The second kappa shape index (κ2) is 21.7. The molecule has 0 bridgehead atoms. The number of methoxy groups -OCH3 is 4. The molecule has 2 aromatic carbocycles. The van der Waals surface area contributed by atoms with Crippen molar-refractivity contribution in [3.8, 4) is 23.0 Å². The number of hydrogen-bond donors (Lipinski definition) is 2. The Balaban J connectivity index is 0. The molecule has 0 fully saturated rings. The van der Waals surface area contributed by atoms with Gasteiger partial charge in [0.05, 0.1) is 28.4 Å². The molecule has 0 atom stereocenters. The summed E-state index contributed by atoms with van der Waals surface area (Å²) < 4.78 is 20.3. The van der Waals surface area contributed by atoms with Gasteiger partial charge in [-0.2, -0.15) is 24.3 Å². The van der Waals surface area contributed by atoms with Crippen molar-refractivity contribution in [2.45, 2.75) is 6.42 Å². The molecule has 0 amide bonds. The monoisotopic (exact) mass is 519 g/mol. The van der Waals surface area contributed by atoms with E-state index in [9.17, 15) is 9.59 Å². The van der Waals surface area contributed by atoms with E-state index in [1.165, 1.54) is 12.2 Å². The number of carbonyl (C=O) groups excluding carboxylic acids is 2. The molecule has 0 saturated carbocycles. The summed E-state index contributed by atoms with van der Waals surface area (Å²) in [4.78, 5) is 20.0. The fourth-order valence-electron chi connectivity index (χ4n) is 2.29. The molecule has 9 heteroatoms. The summed E-state index contributed by atoms with van der Waals surface area (Å²) in [6, 6.07) is 10.8. The van der Waals surface area contributed by atoms with E-state index in [1.54, 1.807) is 77.4 Å². The van der Waals surface area contributed by atoms with Gasteiger partial charge in [-0.05, 0) is 56.3 Å². The Bertz CT molecular complexity index is 816. The molecule has 0 spiro atoms. The maximum Gasteiger partial charge on any atom is 2.00 e. The van der Waals surface area contributed by atoms with Gasteiger partial charge in [-0.15, -0.1) is 11.1 Å². The van der Waals surface area contributed by atoms with Gasteiger partial charge in [-0.3, -0.25) is 0 Å². The molecule has 0 aromatic heterocycles. The molecule has 0 saturated heterocycles. The minimum atomic E-state index is 0. The summed E-state index contributed by atoms with van der Waals surface area (Å²) in [5, 5.41) is 0. The van der Waals surface area contributed by atoms with Crippen LogP contribution in [0.4, 0.5) is 0 Å². The van der Waals surface area contributed by atoms with Gasteiger partial charge in [0.1, 0.15) is 0 Å². The van der Waals surface area contributed by atoms with E-state index < -0.39 is 0 Å². The van der Waals surface area contributed by atoms with E-state index in [-0.39, 0.29) is 17.1 Å². The van der Waals surface area contributed by atoms with Gasteiger partial charge in [0.2, 0.25) is 0 Å². The average Bonchev–Trinajstić information content (AvgIpc) is 2.86. The van der Waals surface area contributed by atoms with Crippen LogP contribution in [0.3, 0.4) is 0 Å². The maximum atomic E-state index is 9.99. The molecule has 2 aromatic rings. The largest absolute Gasteiger partial charge is 2.00 e. The molecule has 1 radical (unpaired) electrons. The first kappa shape index (κ1) is 33.1. The van der Waals surface area contributed by atoms with Crippen LogP contribution < -0.4 is 30.4 Å². The zero-order valence-corrected chi connectivity index (χ0v) is 20.7. The van der Waals surface area contributed by atoms with Crippen molar-refractivity contribution in [3.63, 3.8) is 0 Å². The van der Waals surface area contributed by atoms with Crippen LogP contribution in [0, 0.1) is 0 Å². The Morgan fingerprint density at radius 1 is 0.676 bits per heavy atom. The minimum Gasteiger partial charge on any atom is -0.493 e. The quantitative estimate of drug-likeness (QED) is 0.279. The van der Waals surface area contributed by atoms with Gasteiger partial charge in [-0.1, -0.05) is 12.1 Å². The third kappa shape index (κ3) is 13.4. The Morgan fingerprint density at radius 2 is 1.03 bits per heavy atom. The molecule has 0 unspecified atom stereocenters. The predicted octanol–water partition coefficient (Wildman–Crippen LogP) is 2.94. The van der Waals surface area contributed by atoms with Crippen LogP contribution in [0.2, 0.25) is 0 Å². The van der Waals surface area contributed by atoms with Gasteiger partial charge in [0, 0.05) is 0 Å². The SMILES string of the molecule is COc1ccc(/C=C/[C-]=O)cc1OC.COc1ccc(/C=C/[C-]=O)cc1OC.NCCCN.[Cu+2]. The van der Waals surface area contributed by atoms with E-state index >= 15 is 0 Å². The zero-order chi connectivity index (χ0) is 24.9. The van der Waals surface area contributed by atoms with Gasteiger partial charge in [0.15, 0.2) is 23.0 Å². The third-order valence-electron chi connectivity index (χ3n) is 3.91. The molecule has 0 aliphatic heterocycles. The molecule has 4 N–H and O–H groups in total. The average molecular weight is 520 g/mol. The Labute approximate surface area is 212 Å². The van der Waals surface area contributed by atoms with E-state index in [2.05, 4.69) is 0 Å². The normalized spacial score (nSPS) is 9.59. The second-order valence-electron chi connectivity index (χ2n) is 6.06. The van der Waals surface area contributed by atoms with E-state index in [1.807, 2.05) is 12.1 Å². The summed E-state index contributed by atoms with van der Waals surface area (Å²) in [6.07, 6.45) is 10.2. The molecule has 34 heavy (non-hydrogen) atoms. The van der Waals surface area contributed by atoms with Crippen LogP contribution in [-0.4, -0.2) is 54.1 Å². The fourth-order valence-corrected chi connectivity index (χ4v) is 2.29. The molecular formula is C25H32CuN2O6. The minimum absolute atomic E-state index is 0. The van der Waals surface area contributed by atoms with Crippen LogP contribution in [-0.2, 0) is 26.7 Å².